The summed E-state index contributed by atoms with van der Waals surface area (Å²) in [7, 11) is 0. The summed E-state index contributed by atoms with van der Waals surface area (Å²) in [6.45, 7) is 0. The van der Waals surface area contributed by atoms with Gasteiger partial charge in [-0.1, -0.05) is 71.2 Å². The fourth-order valence-corrected chi connectivity index (χ4v) is 5.03. The van der Waals surface area contributed by atoms with Crippen molar-refractivity contribution in [2.24, 2.45) is 0 Å². The summed E-state index contributed by atoms with van der Waals surface area (Å²) in [4.78, 5) is 4.43. The Labute approximate surface area is 199 Å². The van der Waals surface area contributed by atoms with Crippen molar-refractivity contribution < 1.29 is 4.74 Å². The van der Waals surface area contributed by atoms with Crippen LogP contribution in [0, 0.1) is 0 Å². The number of aromatic nitrogens is 3. The van der Waals surface area contributed by atoms with Crippen molar-refractivity contribution >= 4 is 46.4 Å². The Kier molecular flexibility index (Phi) is 4.65. The molecule has 0 bridgehead atoms. The second-order valence-electron chi connectivity index (χ2n) is 7.57. The maximum Gasteiger partial charge on any atom is 0.226 e. The zero-order valence-corrected chi connectivity index (χ0v) is 18.7. The second kappa shape index (κ2) is 7.55. The van der Waals surface area contributed by atoms with E-state index in [1.54, 1.807) is 0 Å². The van der Waals surface area contributed by atoms with Gasteiger partial charge in [0.15, 0.2) is 6.10 Å². The molecule has 4 aromatic rings. The first-order valence-electron chi connectivity index (χ1n) is 9.98. The largest absolute Gasteiger partial charge is 0.480 e. The lowest BCUT2D eigenvalue weighted by atomic mass is 9.84. The molecule has 0 spiro atoms. The van der Waals surface area contributed by atoms with Gasteiger partial charge in [-0.2, -0.15) is 10.1 Å². The molecule has 6 rings (SSSR count). The van der Waals surface area contributed by atoms with E-state index in [2.05, 4.69) is 15.4 Å². The number of hydrogen-bond acceptors (Lipinski definition) is 4. The quantitative estimate of drug-likeness (QED) is 0.342. The molecule has 3 aromatic carbocycles. The van der Waals surface area contributed by atoms with Crippen molar-refractivity contribution in [1.29, 1.82) is 0 Å². The third-order valence-electron chi connectivity index (χ3n) is 5.76. The van der Waals surface area contributed by atoms with E-state index in [0.29, 0.717) is 26.8 Å². The number of nitrogens with zero attached hydrogens (tertiary/aromatic N) is 3. The molecule has 0 saturated heterocycles. The highest BCUT2D eigenvalue weighted by Gasteiger charge is 2.42. The van der Waals surface area contributed by atoms with Gasteiger partial charge in [-0.3, -0.25) is 0 Å². The Morgan fingerprint density at radius 1 is 0.875 bits per heavy atom. The molecule has 0 fully saturated rings. The molecule has 0 radical (unpaired) electrons. The minimum absolute atomic E-state index is 0.356. The SMILES string of the molecule is Clc1ccc2c(c1)C1=C([C@H](c3ccccc3Cl)n3ncnc3N1)[C@@H](c1ccccc1Cl)O2. The lowest BCUT2D eigenvalue weighted by Crippen LogP contribution is -2.32. The third-order valence-corrected chi connectivity index (χ3v) is 6.69. The van der Waals surface area contributed by atoms with Crippen molar-refractivity contribution in [3.05, 3.63) is 110 Å². The van der Waals surface area contributed by atoms with Crippen molar-refractivity contribution in [3.8, 4) is 5.75 Å². The molecule has 0 saturated carbocycles. The van der Waals surface area contributed by atoms with Gasteiger partial charge < -0.3 is 10.1 Å². The van der Waals surface area contributed by atoms with E-state index in [9.17, 15) is 0 Å². The van der Waals surface area contributed by atoms with E-state index in [1.807, 2.05) is 71.4 Å². The predicted octanol–water partition coefficient (Wildman–Crippen LogP) is 6.80. The molecular formula is C24H15Cl3N4O. The lowest BCUT2D eigenvalue weighted by Gasteiger charge is -2.39. The average molecular weight is 482 g/mol. The number of hydrogen-bond donors (Lipinski definition) is 1. The first-order valence-corrected chi connectivity index (χ1v) is 11.1. The van der Waals surface area contributed by atoms with Gasteiger partial charge in [0.2, 0.25) is 5.95 Å². The molecule has 1 N–H and O–H groups in total. The van der Waals surface area contributed by atoms with Crippen LogP contribution >= 0.6 is 34.8 Å². The lowest BCUT2D eigenvalue weighted by molar-refractivity contribution is 0.223. The number of rotatable bonds is 2. The van der Waals surface area contributed by atoms with Gasteiger partial charge in [0.05, 0.1) is 5.70 Å². The number of anilines is 1. The Bertz CT molecular complexity index is 1400. The molecule has 0 amide bonds. The van der Waals surface area contributed by atoms with E-state index in [0.717, 1.165) is 28.0 Å². The van der Waals surface area contributed by atoms with E-state index in [4.69, 9.17) is 39.5 Å². The van der Waals surface area contributed by atoms with Gasteiger partial charge >= 0.3 is 0 Å². The van der Waals surface area contributed by atoms with Crippen molar-refractivity contribution in [2.75, 3.05) is 5.32 Å². The average Bonchev–Trinajstić information content (AvgIpc) is 3.27. The number of benzene rings is 3. The Balaban J connectivity index is 1.68. The molecule has 0 aliphatic carbocycles. The molecule has 3 heterocycles. The first kappa shape index (κ1) is 19.7. The summed E-state index contributed by atoms with van der Waals surface area (Å²) in [6.07, 6.45) is 1.05. The summed E-state index contributed by atoms with van der Waals surface area (Å²) in [5.74, 6) is 1.32. The number of ether oxygens (including phenoxy) is 1. The van der Waals surface area contributed by atoms with Gasteiger partial charge in [-0.15, -0.1) is 0 Å². The number of halogens is 3. The zero-order valence-electron chi connectivity index (χ0n) is 16.5. The van der Waals surface area contributed by atoms with Crippen LogP contribution in [0.5, 0.6) is 5.75 Å². The summed E-state index contributed by atoms with van der Waals surface area (Å²) in [5.41, 5.74) is 4.39. The Morgan fingerprint density at radius 3 is 2.34 bits per heavy atom. The van der Waals surface area contributed by atoms with Gasteiger partial charge in [0.25, 0.3) is 0 Å². The van der Waals surface area contributed by atoms with Crippen LogP contribution in [0.15, 0.2) is 78.6 Å². The Morgan fingerprint density at radius 2 is 1.59 bits per heavy atom. The van der Waals surface area contributed by atoms with E-state index in [1.165, 1.54) is 6.33 Å². The minimum atomic E-state index is -0.474. The normalized spacial score (nSPS) is 18.8. The van der Waals surface area contributed by atoms with Gasteiger partial charge in [-0.05, 0) is 35.9 Å². The van der Waals surface area contributed by atoms with E-state index in [-0.39, 0.29) is 6.04 Å². The number of nitrogens with one attached hydrogen (secondary N) is 1. The molecule has 2 atom stereocenters. The minimum Gasteiger partial charge on any atom is -0.480 e. The summed E-state index contributed by atoms with van der Waals surface area (Å²) >= 11 is 19.7. The third kappa shape index (κ3) is 3.00. The topological polar surface area (TPSA) is 52.0 Å². The van der Waals surface area contributed by atoms with Crippen molar-refractivity contribution in [1.82, 2.24) is 14.8 Å². The molecule has 5 nitrogen and oxygen atoms in total. The van der Waals surface area contributed by atoms with Crippen LogP contribution in [0.25, 0.3) is 5.70 Å². The molecule has 1 aromatic heterocycles. The number of fused-ring (bicyclic) bond motifs is 3. The van der Waals surface area contributed by atoms with Crippen LogP contribution in [-0.4, -0.2) is 14.8 Å². The smallest absolute Gasteiger partial charge is 0.226 e. The molecule has 32 heavy (non-hydrogen) atoms. The Hall–Kier alpha value is -2.99. The molecule has 8 heteroatoms. The highest BCUT2D eigenvalue weighted by molar-refractivity contribution is 6.32. The molecular weight excluding hydrogens is 467 g/mol. The standard InChI is InChI=1S/C24H15Cl3N4O/c25-13-9-10-19-16(11-13)21-20(23(32-19)15-6-2-4-8-18(15)27)22(14-5-1-3-7-17(14)26)31-24(30-21)28-12-29-31/h1-12,22-23H,(H,28,29,30)/t22-,23+/m0/s1. The molecule has 158 valence electrons. The molecule has 2 aliphatic heterocycles. The van der Waals surface area contributed by atoms with Gasteiger partial charge in [0.1, 0.15) is 18.1 Å². The zero-order chi connectivity index (χ0) is 21.8. The predicted molar refractivity (Wildman–Crippen MR) is 126 cm³/mol. The monoisotopic (exact) mass is 480 g/mol. The van der Waals surface area contributed by atoms with Crippen LogP contribution in [0.2, 0.25) is 15.1 Å². The van der Waals surface area contributed by atoms with Crippen LogP contribution < -0.4 is 10.1 Å². The van der Waals surface area contributed by atoms with Gasteiger partial charge in [-0.25, -0.2) is 4.68 Å². The summed E-state index contributed by atoms with van der Waals surface area (Å²) in [5, 5.41) is 9.80. The maximum absolute atomic E-state index is 6.68. The van der Waals surface area contributed by atoms with Crippen LogP contribution in [0.1, 0.15) is 28.8 Å². The van der Waals surface area contributed by atoms with Crippen molar-refractivity contribution in [3.63, 3.8) is 0 Å². The van der Waals surface area contributed by atoms with E-state index >= 15 is 0 Å². The highest BCUT2D eigenvalue weighted by atomic mass is 35.5. The molecule has 2 aliphatic rings. The molecule has 0 unspecified atom stereocenters. The van der Waals surface area contributed by atoms with Crippen LogP contribution in [0.4, 0.5) is 5.95 Å². The highest BCUT2D eigenvalue weighted by Crippen LogP contribution is 2.52. The maximum atomic E-state index is 6.68. The van der Waals surface area contributed by atoms with Gasteiger partial charge in [0, 0.05) is 31.8 Å². The first-order chi connectivity index (χ1) is 15.6. The van der Waals surface area contributed by atoms with E-state index < -0.39 is 6.10 Å². The second-order valence-corrected chi connectivity index (χ2v) is 8.82. The summed E-state index contributed by atoms with van der Waals surface area (Å²) in [6, 6.07) is 20.6. The fraction of sp³-hybridized carbons (Fsp3) is 0.0833. The summed E-state index contributed by atoms with van der Waals surface area (Å²) < 4.78 is 8.38. The van der Waals surface area contributed by atoms with Crippen LogP contribution in [0.3, 0.4) is 0 Å². The van der Waals surface area contributed by atoms with Crippen LogP contribution in [-0.2, 0) is 0 Å². The van der Waals surface area contributed by atoms with Crippen molar-refractivity contribution in [2.45, 2.75) is 12.1 Å². The fourth-order valence-electron chi connectivity index (χ4n) is 4.38.